The summed E-state index contributed by atoms with van der Waals surface area (Å²) in [6.07, 6.45) is 0.926. The summed E-state index contributed by atoms with van der Waals surface area (Å²) >= 11 is 1.67. The van der Waals surface area contributed by atoms with E-state index in [1.807, 2.05) is 11.4 Å². The largest absolute Gasteiger partial charge is 0.350 e. The Kier molecular flexibility index (Phi) is 5.22. The second-order valence-electron chi connectivity index (χ2n) is 5.95. The van der Waals surface area contributed by atoms with Crippen LogP contribution in [0.25, 0.3) is 0 Å². The summed E-state index contributed by atoms with van der Waals surface area (Å²) in [6.45, 7) is 6.99. The SMILES string of the molecule is CC(=O)NC1CN(C(=O)N[C@H](CC(C)C)c2cccs2)C1. The second kappa shape index (κ2) is 6.93. The molecule has 1 aliphatic rings. The molecule has 0 bridgehead atoms. The third-order valence-electron chi connectivity index (χ3n) is 3.47. The van der Waals surface area contributed by atoms with Crippen LogP contribution in [0, 0.1) is 5.92 Å². The zero-order valence-corrected chi connectivity index (χ0v) is 13.6. The highest BCUT2D eigenvalue weighted by Gasteiger charge is 2.32. The molecular weight excluding hydrogens is 286 g/mol. The van der Waals surface area contributed by atoms with E-state index in [1.54, 1.807) is 16.2 Å². The fraction of sp³-hybridized carbons (Fsp3) is 0.600. The summed E-state index contributed by atoms with van der Waals surface area (Å²) in [5.74, 6) is 0.470. The molecule has 0 aromatic carbocycles. The van der Waals surface area contributed by atoms with Gasteiger partial charge in [-0.05, 0) is 23.8 Å². The van der Waals surface area contributed by atoms with Gasteiger partial charge in [-0.1, -0.05) is 19.9 Å². The lowest BCUT2D eigenvalue weighted by molar-refractivity contribution is -0.120. The Balaban J connectivity index is 1.86. The van der Waals surface area contributed by atoms with E-state index in [2.05, 4.69) is 30.5 Å². The Labute approximate surface area is 129 Å². The molecule has 2 N–H and O–H groups in total. The highest BCUT2D eigenvalue weighted by Crippen LogP contribution is 2.25. The summed E-state index contributed by atoms with van der Waals surface area (Å²) in [4.78, 5) is 26.1. The van der Waals surface area contributed by atoms with Gasteiger partial charge in [0.25, 0.3) is 0 Å². The van der Waals surface area contributed by atoms with Gasteiger partial charge in [-0.3, -0.25) is 4.79 Å². The molecule has 1 aromatic heterocycles. The zero-order valence-electron chi connectivity index (χ0n) is 12.8. The molecule has 1 saturated heterocycles. The molecule has 1 aliphatic heterocycles. The van der Waals surface area contributed by atoms with E-state index in [1.165, 1.54) is 11.8 Å². The van der Waals surface area contributed by atoms with Crippen LogP contribution in [-0.4, -0.2) is 36.0 Å². The number of nitrogens with zero attached hydrogens (tertiary/aromatic N) is 1. The summed E-state index contributed by atoms with van der Waals surface area (Å²) in [6, 6.07) is 4.19. The van der Waals surface area contributed by atoms with Crippen LogP contribution >= 0.6 is 11.3 Å². The summed E-state index contributed by atoms with van der Waals surface area (Å²) in [7, 11) is 0. The molecule has 2 heterocycles. The van der Waals surface area contributed by atoms with Crippen molar-refractivity contribution in [3.05, 3.63) is 22.4 Å². The predicted molar refractivity (Wildman–Crippen MR) is 84.2 cm³/mol. The van der Waals surface area contributed by atoms with E-state index in [-0.39, 0.29) is 24.0 Å². The minimum absolute atomic E-state index is 0.0451. The van der Waals surface area contributed by atoms with Gasteiger partial charge in [0.15, 0.2) is 0 Å². The number of hydrogen-bond donors (Lipinski definition) is 2. The fourth-order valence-corrected chi connectivity index (χ4v) is 3.26. The Morgan fingerprint density at radius 3 is 2.67 bits per heavy atom. The van der Waals surface area contributed by atoms with E-state index in [4.69, 9.17) is 0 Å². The number of rotatable bonds is 5. The Bertz CT molecular complexity index is 481. The normalized spacial score (nSPS) is 16.5. The quantitative estimate of drug-likeness (QED) is 0.877. The first kappa shape index (κ1) is 15.8. The van der Waals surface area contributed by atoms with E-state index < -0.39 is 0 Å². The Morgan fingerprint density at radius 1 is 1.43 bits per heavy atom. The zero-order chi connectivity index (χ0) is 15.4. The molecule has 1 aromatic rings. The van der Waals surface area contributed by atoms with Crippen LogP contribution in [0.4, 0.5) is 4.79 Å². The molecule has 1 fully saturated rings. The van der Waals surface area contributed by atoms with Crippen LogP contribution in [-0.2, 0) is 4.79 Å². The van der Waals surface area contributed by atoms with Gasteiger partial charge in [0.05, 0.1) is 12.1 Å². The molecule has 116 valence electrons. The molecule has 0 unspecified atom stereocenters. The first-order valence-corrected chi connectivity index (χ1v) is 8.19. The smallest absolute Gasteiger partial charge is 0.318 e. The molecule has 3 amide bonds. The number of amides is 3. The third-order valence-corrected chi connectivity index (χ3v) is 4.45. The average Bonchev–Trinajstić information content (AvgIpc) is 2.85. The maximum atomic E-state index is 12.3. The second-order valence-corrected chi connectivity index (χ2v) is 6.93. The van der Waals surface area contributed by atoms with Crippen LogP contribution in [0.15, 0.2) is 17.5 Å². The van der Waals surface area contributed by atoms with Crippen LogP contribution < -0.4 is 10.6 Å². The number of carbonyl (C=O) groups excluding carboxylic acids is 2. The molecule has 5 nitrogen and oxygen atoms in total. The lowest BCUT2D eigenvalue weighted by Crippen LogP contribution is -2.62. The van der Waals surface area contributed by atoms with Gasteiger partial charge in [-0.25, -0.2) is 4.79 Å². The van der Waals surface area contributed by atoms with Gasteiger partial charge in [0.1, 0.15) is 0 Å². The number of nitrogens with one attached hydrogen (secondary N) is 2. The molecule has 0 saturated carbocycles. The van der Waals surface area contributed by atoms with Gasteiger partial charge in [0, 0.05) is 24.9 Å². The number of thiophene rings is 1. The fourth-order valence-electron chi connectivity index (χ4n) is 2.47. The van der Waals surface area contributed by atoms with Crippen molar-refractivity contribution in [2.75, 3.05) is 13.1 Å². The maximum Gasteiger partial charge on any atom is 0.318 e. The van der Waals surface area contributed by atoms with Crippen molar-refractivity contribution in [3.8, 4) is 0 Å². The molecule has 0 radical (unpaired) electrons. The highest BCUT2D eigenvalue weighted by atomic mass is 32.1. The molecule has 6 heteroatoms. The van der Waals surface area contributed by atoms with Crippen molar-refractivity contribution >= 4 is 23.3 Å². The molecule has 1 atom stereocenters. The highest BCUT2D eigenvalue weighted by molar-refractivity contribution is 7.10. The van der Waals surface area contributed by atoms with Crippen LogP contribution in [0.5, 0.6) is 0 Å². The summed E-state index contributed by atoms with van der Waals surface area (Å²) in [5, 5.41) is 7.96. The van der Waals surface area contributed by atoms with Gasteiger partial charge >= 0.3 is 6.03 Å². The van der Waals surface area contributed by atoms with Crippen molar-refractivity contribution in [3.63, 3.8) is 0 Å². The van der Waals surface area contributed by atoms with E-state index in [0.717, 1.165) is 6.42 Å². The maximum absolute atomic E-state index is 12.3. The third kappa shape index (κ3) is 4.46. The lowest BCUT2D eigenvalue weighted by Gasteiger charge is -2.40. The lowest BCUT2D eigenvalue weighted by atomic mass is 10.0. The summed E-state index contributed by atoms with van der Waals surface area (Å²) < 4.78 is 0. The van der Waals surface area contributed by atoms with Crippen LogP contribution in [0.2, 0.25) is 0 Å². The number of carbonyl (C=O) groups is 2. The Morgan fingerprint density at radius 2 is 2.14 bits per heavy atom. The van der Waals surface area contributed by atoms with Crippen LogP contribution in [0.3, 0.4) is 0 Å². The van der Waals surface area contributed by atoms with Crippen LogP contribution in [0.1, 0.15) is 38.1 Å². The van der Waals surface area contributed by atoms with E-state index >= 15 is 0 Å². The van der Waals surface area contributed by atoms with Gasteiger partial charge in [-0.15, -0.1) is 11.3 Å². The molecule has 21 heavy (non-hydrogen) atoms. The molecule has 0 aliphatic carbocycles. The number of likely N-dealkylation sites (tertiary alicyclic amines) is 1. The van der Waals surface area contributed by atoms with Crippen molar-refractivity contribution in [1.29, 1.82) is 0 Å². The van der Waals surface area contributed by atoms with Gasteiger partial charge < -0.3 is 15.5 Å². The first-order valence-electron chi connectivity index (χ1n) is 7.31. The Hall–Kier alpha value is -1.56. The summed E-state index contributed by atoms with van der Waals surface area (Å²) in [5.41, 5.74) is 0. The van der Waals surface area contributed by atoms with E-state index in [0.29, 0.717) is 19.0 Å². The number of urea groups is 1. The average molecular weight is 309 g/mol. The minimum atomic E-state index is -0.0457. The molecular formula is C15H23N3O2S. The number of hydrogen-bond acceptors (Lipinski definition) is 3. The van der Waals surface area contributed by atoms with E-state index in [9.17, 15) is 9.59 Å². The predicted octanol–water partition coefficient (Wildman–Crippen LogP) is 2.37. The monoisotopic (exact) mass is 309 g/mol. The minimum Gasteiger partial charge on any atom is -0.350 e. The first-order chi connectivity index (χ1) is 9.95. The standard InChI is InChI=1S/C15H23N3O2S/c1-10(2)7-13(14-5-4-6-21-14)17-15(20)18-8-12(9-18)16-11(3)19/h4-6,10,12-13H,7-9H2,1-3H3,(H,16,19)(H,17,20)/t13-/m1/s1. The topological polar surface area (TPSA) is 61.4 Å². The van der Waals surface area contributed by atoms with Crippen molar-refractivity contribution in [1.82, 2.24) is 15.5 Å². The van der Waals surface area contributed by atoms with Crippen molar-refractivity contribution in [2.45, 2.75) is 39.3 Å². The molecule has 2 rings (SSSR count). The molecule has 0 spiro atoms. The van der Waals surface area contributed by atoms with Crippen molar-refractivity contribution < 1.29 is 9.59 Å². The van der Waals surface area contributed by atoms with Crippen molar-refractivity contribution in [2.24, 2.45) is 5.92 Å². The van der Waals surface area contributed by atoms with Gasteiger partial charge in [-0.2, -0.15) is 0 Å². The van der Waals surface area contributed by atoms with Gasteiger partial charge in [0.2, 0.25) is 5.91 Å².